The van der Waals surface area contributed by atoms with Crippen LogP contribution in [0.25, 0.3) is 0 Å². The molecule has 1 aromatic carbocycles. The third-order valence-electron chi connectivity index (χ3n) is 3.60. The summed E-state index contributed by atoms with van der Waals surface area (Å²) in [5, 5.41) is 2.68. The number of likely N-dealkylation sites (tertiary alicyclic amines) is 1. The Morgan fingerprint density at radius 1 is 1.19 bits per heavy atom. The van der Waals surface area contributed by atoms with Crippen molar-refractivity contribution in [2.24, 2.45) is 0 Å². The Labute approximate surface area is 122 Å². The van der Waals surface area contributed by atoms with E-state index in [9.17, 15) is 18.0 Å². The standard InChI is InChI=1S/C15H19F3N2O/c1-10(9-20-5-3-2-4-6-20)19-15(21)11-7-12(16)14(18)13(17)8-11/h7-8,10H,2-6,9H2,1H3,(H,19,21). The molecule has 1 atom stereocenters. The summed E-state index contributed by atoms with van der Waals surface area (Å²) in [7, 11) is 0. The SMILES string of the molecule is CC(CN1CCCCC1)NC(=O)c1cc(F)c(F)c(F)c1. The van der Waals surface area contributed by atoms with E-state index in [1.165, 1.54) is 6.42 Å². The number of carbonyl (C=O) groups is 1. The molecule has 21 heavy (non-hydrogen) atoms. The molecule has 0 spiro atoms. The van der Waals surface area contributed by atoms with Crippen LogP contribution in [0.1, 0.15) is 36.5 Å². The summed E-state index contributed by atoms with van der Waals surface area (Å²) in [4.78, 5) is 14.2. The van der Waals surface area contributed by atoms with Gasteiger partial charge in [-0.25, -0.2) is 13.2 Å². The molecule has 1 aromatic rings. The highest BCUT2D eigenvalue weighted by atomic mass is 19.2. The predicted molar refractivity (Wildman–Crippen MR) is 73.5 cm³/mol. The minimum atomic E-state index is -1.56. The summed E-state index contributed by atoms with van der Waals surface area (Å²) in [5.41, 5.74) is -0.211. The monoisotopic (exact) mass is 300 g/mol. The zero-order chi connectivity index (χ0) is 15.4. The first kappa shape index (κ1) is 15.8. The molecule has 1 amide bonds. The van der Waals surface area contributed by atoms with Crippen LogP contribution in [0.5, 0.6) is 0 Å². The molecule has 0 bridgehead atoms. The Hall–Kier alpha value is -1.56. The maximum atomic E-state index is 13.1. The van der Waals surface area contributed by atoms with E-state index in [1.807, 2.05) is 6.92 Å². The van der Waals surface area contributed by atoms with Gasteiger partial charge in [0, 0.05) is 18.2 Å². The number of rotatable bonds is 4. The Kier molecular flexibility index (Phi) is 5.22. The molecule has 0 saturated carbocycles. The van der Waals surface area contributed by atoms with Gasteiger partial charge in [-0.1, -0.05) is 6.42 Å². The normalized spacial score (nSPS) is 17.5. The molecule has 3 nitrogen and oxygen atoms in total. The van der Waals surface area contributed by atoms with Crippen molar-refractivity contribution in [3.05, 3.63) is 35.1 Å². The lowest BCUT2D eigenvalue weighted by Crippen LogP contribution is -2.43. The first-order chi connectivity index (χ1) is 9.97. The van der Waals surface area contributed by atoms with Crippen LogP contribution in [0.4, 0.5) is 13.2 Å². The molecule has 1 saturated heterocycles. The van der Waals surface area contributed by atoms with Crippen molar-refractivity contribution < 1.29 is 18.0 Å². The van der Waals surface area contributed by atoms with Gasteiger partial charge in [-0.3, -0.25) is 4.79 Å². The predicted octanol–water partition coefficient (Wildman–Crippen LogP) is 2.71. The van der Waals surface area contributed by atoms with Crippen molar-refractivity contribution in [1.82, 2.24) is 10.2 Å². The van der Waals surface area contributed by atoms with E-state index >= 15 is 0 Å². The molecule has 1 aliphatic heterocycles. The molecule has 0 aromatic heterocycles. The molecule has 2 rings (SSSR count). The maximum absolute atomic E-state index is 13.1. The zero-order valence-electron chi connectivity index (χ0n) is 12.0. The van der Waals surface area contributed by atoms with Crippen LogP contribution in [0.3, 0.4) is 0 Å². The van der Waals surface area contributed by atoms with Crippen LogP contribution >= 0.6 is 0 Å². The topological polar surface area (TPSA) is 32.3 Å². The number of nitrogens with zero attached hydrogens (tertiary/aromatic N) is 1. The first-order valence-corrected chi connectivity index (χ1v) is 7.15. The number of amides is 1. The zero-order valence-corrected chi connectivity index (χ0v) is 12.0. The fraction of sp³-hybridized carbons (Fsp3) is 0.533. The quantitative estimate of drug-likeness (QED) is 0.867. The minimum Gasteiger partial charge on any atom is -0.348 e. The lowest BCUT2D eigenvalue weighted by Gasteiger charge is -2.29. The number of carbonyl (C=O) groups excluding carboxylic acids is 1. The van der Waals surface area contributed by atoms with Crippen LogP contribution in [-0.4, -0.2) is 36.5 Å². The number of hydrogen-bond acceptors (Lipinski definition) is 2. The Morgan fingerprint density at radius 2 is 1.76 bits per heavy atom. The maximum Gasteiger partial charge on any atom is 0.251 e. The van der Waals surface area contributed by atoms with Gasteiger partial charge in [0.05, 0.1) is 0 Å². The van der Waals surface area contributed by atoms with Crippen molar-refractivity contribution in [3.8, 4) is 0 Å². The summed E-state index contributed by atoms with van der Waals surface area (Å²) in [6.45, 7) is 4.53. The molecule has 1 aliphatic rings. The summed E-state index contributed by atoms with van der Waals surface area (Å²) in [5.74, 6) is -4.88. The highest BCUT2D eigenvalue weighted by Crippen LogP contribution is 2.14. The van der Waals surface area contributed by atoms with Gasteiger partial charge in [-0.15, -0.1) is 0 Å². The van der Waals surface area contributed by atoms with E-state index in [2.05, 4.69) is 10.2 Å². The van der Waals surface area contributed by atoms with E-state index in [4.69, 9.17) is 0 Å². The lowest BCUT2D eigenvalue weighted by molar-refractivity contribution is 0.0924. The molecule has 116 valence electrons. The molecule has 1 heterocycles. The van der Waals surface area contributed by atoms with Crippen LogP contribution in [0, 0.1) is 17.5 Å². The Balaban J connectivity index is 1.94. The van der Waals surface area contributed by atoms with Gasteiger partial charge in [0.1, 0.15) is 0 Å². The molecule has 0 radical (unpaired) electrons. The second-order valence-corrected chi connectivity index (χ2v) is 5.49. The lowest BCUT2D eigenvalue weighted by atomic mass is 10.1. The van der Waals surface area contributed by atoms with Crippen molar-refractivity contribution >= 4 is 5.91 Å². The van der Waals surface area contributed by atoms with Crippen molar-refractivity contribution in [1.29, 1.82) is 0 Å². The number of halogens is 3. The van der Waals surface area contributed by atoms with Crippen molar-refractivity contribution in [3.63, 3.8) is 0 Å². The average molecular weight is 300 g/mol. The molecule has 1 N–H and O–H groups in total. The number of piperidine rings is 1. The van der Waals surface area contributed by atoms with Gasteiger partial charge in [-0.05, 0) is 45.0 Å². The highest BCUT2D eigenvalue weighted by molar-refractivity contribution is 5.94. The summed E-state index contributed by atoms with van der Waals surface area (Å²) in [6.07, 6.45) is 3.52. The average Bonchev–Trinajstić information content (AvgIpc) is 2.45. The third kappa shape index (κ3) is 4.20. The number of hydrogen-bond donors (Lipinski definition) is 1. The van der Waals surface area contributed by atoms with Crippen molar-refractivity contribution in [2.45, 2.75) is 32.2 Å². The Bertz CT molecular complexity index is 493. The molecular weight excluding hydrogens is 281 g/mol. The fourth-order valence-electron chi connectivity index (χ4n) is 2.57. The highest BCUT2D eigenvalue weighted by Gasteiger charge is 2.18. The van der Waals surface area contributed by atoms with Gasteiger partial charge in [-0.2, -0.15) is 0 Å². The number of nitrogens with one attached hydrogen (secondary N) is 1. The molecule has 1 fully saturated rings. The van der Waals surface area contributed by atoms with Crippen molar-refractivity contribution in [2.75, 3.05) is 19.6 Å². The molecular formula is C15H19F3N2O. The van der Waals surface area contributed by atoms with Gasteiger partial charge >= 0.3 is 0 Å². The van der Waals surface area contributed by atoms with Gasteiger partial charge < -0.3 is 10.2 Å². The van der Waals surface area contributed by atoms with Gasteiger partial charge in [0.15, 0.2) is 17.5 Å². The van der Waals surface area contributed by atoms with Gasteiger partial charge in [0.25, 0.3) is 5.91 Å². The molecule has 0 aliphatic carbocycles. The van der Waals surface area contributed by atoms with Gasteiger partial charge in [0.2, 0.25) is 0 Å². The summed E-state index contributed by atoms with van der Waals surface area (Å²) < 4.78 is 39.1. The Morgan fingerprint density at radius 3 is 2.33 bits per heavy atom. The fourth-order valence-corrected chi connectivity index (χ4v) is 2.57. The van der Waals surface area contributed by atoms with Crippen LogP contribution < -0.4 is 5.32 Å². The molecule has 6 heteroatoms. The third-order valence-corrected chi connectivity index (χ3v) is 3.60. The van der Waals surface area contributed by atoms with E-state index in [-0.39, 0.29) is 11.6 Å². The smallest absolute Gasteiger partial charge is 0.251 e. The first-order valence-electron chi connectivity index (χ1n) is 7.15. The largest absolute Gasteiger partial charge is 0.348 e. The second-order valence-electron chi connectivity index (χ2n) is 5.49. The second kappa shape index (κ2) is 6.93. The minimum absolute atomic E-state index is 0.147. The van der Waals surface area contributed by atoms with Crippen LogP contribution in [0.15, 0.2) is 12.1 Å². The summed E-state index contributed by atoms with van der Waals surface area (Å²) in [6, 6.07) is 1.27. The van der Waals surface area contributed by atoms with Crippen LogP contribution in [-0.2, 0) is 0 Å². The van der Waals surface area contributed by atoms with E-state index < -0.39 is 23.4 Å². The van der Waals surface area contributed by atoms with E-state index in [1.54, 1.807) is 0 Å². The van der Waals surface area contributed by atoms with E-state index in [0.29, 0.717) is 18.7 Å². The molecule has 1 unspecified atom stereocenters. The number of benzene rings is 1. The van der Waals surface area contributed by atoms with Crippen LogP contribution in [0.2, 0.25) is 0 Å². The van der Waals surface area contributed by atoms with E-state index in [0.717, 1.165) is 25.9 Å². The summed E-state index contributed by atoms with van der Waals surface area (Å²) >= 11 is 0.